The Kier molecular flexibility index (Phi) is 3.14. The molecule has 4 rings (SSSR count). The lowest BCUT2D eigenvalue weighted by molar-refractivity contribution is 0.0946. The Bertz CT molecular complexity index is 819. The number of hydrogen-bond donors (Lipinski definition) is 2. The molecule has 1 atom stereocenters. The fourth-order valence-corrected chi connectivity index (χ4v) is 3.08. The predicted molar refractivity (Wildman–Crippen MR) is 82.5 cm³/mol. The van der Waals surface area contributed by atoms with Gasteiger partial charge in [-0.1, -0.05) is 12.1 Å². The first kappa shape index (κ1) is 13.1. The summed E-state index contributed by atoms with van der Waals surface area (Å²) >= 11 is 0. The Morgan fingerprint density at radius 1 is 1.45 bits per heavy atom. The van der Waals surface area contributed by atoms with Crippen LogP contribution in [0.1, 0.15) is 22.6 Å². The predicted octanol–water partition coefficient (Wildman–Crippen LogP) is 1.75. The quantitative estimate of drug-likeness (QED) is 0.773. The van der Waals surface area contributed by atoms with Crippen LogP contribution >= 0.6 is 0 Å². The average Bonchev–Trinajstić information content (AvgIpc) is 3.20. The van der Waals surface area contributed by atoms with E-state index in [0.717, 1.165) is 36.1 Å². The van der Waals surface area contributed by atoms with E-state index in [2.05, 4.69) is 25.1 Å². The molecule has 0 spiro atoms. The number of rotatable bonds is 3. The van der Waals surface area contributed by atoms with Gasteiger partial charge in [0.2, 0.25) is 0 Å². The number of H-pyrrole nitrogens is 1. The summed E-state index contributed by atoms with van der Waals surface area (Å²) in [6.07, 6.45) is 7.57. The number of fused-ring (bicyclic) bond motifs is 2. The number of nitrogens with zero attached hydrogens (tertiary/aromatic N) is 3. The number of nitrogens with one attached hydrogen (secondary N) is 2. The monoisotopic (exact) mass is 295 g/mol. The third-order valence-corrected chi connectivity index (χ3v) is 4.32. The van der Waals surface area contributed by atoms with Gasteiger partial charge in [-0.05, 0) is 18.4 Å². The second kappa shape index (κ2) is 5.29. The summed E-state index contributed by atoms with van der Waals surface area (Å²) in [6.45, 7) is 1.65. The van der Waals surface area contributed by atoms with E-state index >= 15 is 0 Å². The Hall–Kier alpha value is -2.63. The second-order valence-electron chi connectivity index (χ2n) is 5.75. The van der Waals surface area contributed by atoms with Crippen LogP contribution in [0.4, 0.5) is 0 Å². The minimum absolute atomic E-state index is 0.0521. The van der Waals surface area contributed by atoms with Crippen molar-refractivity contribution in [2.24, 2.45) is 5.92 Å². The second-order valence-corrected chi connectivity index (χ2v) is 5.75. The highest BCUT2D eigenvalue weighted by molar-refractivity contribution is 6.05. The Morgan fingerprint density at radius 2 is 2.41 bits per heavy atom. The molecule has 0 saturated heterocycles. The third-order valence-electron chi connectivity index (χ3n) is 4.32. The molecule has 0 fully saturated rings. The van der Waals surface area contributed by atoms with Gasteiger partial charge < -0.3 is 9.88 Å². The number of imidazole rings is 1. The molecule has 6 heteroatoms. The molecule has 1 aliphatic rings. The van der Waals surface area contributed by atoms with Crippen molar-refractivity contribution in [1.82, 2.24) is 25.1 Å². The van der Waals surface area contributed by atoms with E-state index in [0.29, 0.717) is 18.0 Å². The van der Waals surface area contributed by atoms with Crippen LogP contribution in [0.3, 0.4) is 0 Å². The number of hydrogen-bond acceptors (Lipinski definition) is 3. The third kappa shape index (κ3) is 2.26. The zero-order valence-electron chi connectivity index (χ0n) is 12.1. The van der Waals surface area contributed by atoms with Crippen LogP contribution in [-0.4, -0.2) is 32.2 Å². The van der Waals surface area contributed by atoms with Crippen LogP contribution in [-0.2, 0) is 13.0 Å². The summed E-state index contributed by atoms with van der Waals surface area (Å²) in [6, 6.07) is 5.64. The SMILES string of the molecule is O=C(NC[C@@H]1CCn2ccnc2C1)c1cccc2cn[nH]c12. The maximum Gasteiger partial charge on any atom is 0.253 e. The minimum Gasteiger partial charge on any atom is -0.352 e. The van der Waals surface area contributed by atoms with E-state index in [4.69, 9.17) is 0 Å². The van der Waals surface area contributed by atoms with Crippen LogP contribution in [0.15, 0.2) is 36.8 Å². The summed E-state index contributed by atoms with van der Waals surface area (Å²) in [7, 11) is 0. The molecule has 0 unspecified atom stereocenters. The molecule has 1 amide bonds. The topological polar surface area (TPSA) is 75.6 Å². The Morgan fingerprint density at radius 3 is 3.36 bits per heavy atom. The molecule has 6 nitrogen and oxygen atoms in total. The van der Waals surface area contributed by atoms with Gasteiger partial charge in [0.25, 0.3) is 5.91 Å². The molecule has 112 valence electrons. The van der Waals surface area contributed by atoms with E-state index in [-0.39, 0.29) is 5.91 Å². The number of aryl methyl sites for hydroxylation is 1. The lowest BCUT2D eigenvalue weighted by atomic mass is 9.97. The van der Waals surface area contributed by atoms with Crippen molar-refractivity contribution in [2.75, 3.05) is 6.54 Å². The van der Waals surface area contributed by atoms with Crippen LogP contribution in [0.25, 0.3) is 10.9 Å². The molecular formula is C16H17N5O. The van der Waals surface area contributed by atoms with Crippen molar-refractivity contribution in [3.8, 4) is 0 Å². The molecule has 0 aliphatic carbocycles. The summed E-state index contributed by atoms with van der Waals surface area (Å²) in [5, 5.41) is 10.9. The molecule has 0 bridgehead atoms. The Balaban J connectivity index is 1.44. The smallest absolute Gasteiger partial charge is 0.253 e. The van der Waals surface area contributed by atoms with Crippen LogP contribution in [0.5, 0.6) is 0 Å². The van der Waals surface area contributed by atoms with Crippen molar-refractivity contribution < 1.29 is 4.79 Å². The van der Waals surface area contributed by atoms with Gasteiger partial charge in [-0.2, -0.15) is 5.10 Å². The first-order valence-electron chi connectivity index (χ1n) is 7.51. The van der Waals surface area contributed by atoms with E-state index in [1.54, 1.807) is 6.20 Å². The largest absolute Gasteiger partial charge is 0.352 e. The number of carbonyl (C=O) groups is 1. The first-order valence-corrected chi connectivity index (χ1v) is 7.51. The summed E-state index contributed by atoms with van der Waals surface area (Å²) in [5.41, 5.74) is 1.44. The van der Waals surface area contributed by atoms with E-state index in [1.165, 1.54) is 0 Å². The molecule has 3 heterocycles. The molecule has 22 heavy (non-hydrogen) atoms. The molecule has 3 aromatic rings. The zero-order valence-corrected chi connectivity index (χ0v) is 12.1. The normalized spacial score (nSPS) is 17.4. The number of amides is 1. The fourth-order valence-electron chi connectivity index (χ4n) is 3.08. The van der Waals surface area contributed by atoms with Crippen molar-refractivity contribution in [2.45, 2.75) is 19.4 Å². The molecule has 1 aliphatic heterocycles. The minimum atomic E-state index is -0.0521. The van der Waals surface area contributed by atoms with Gasteiger partial charge >= 0.3 is 0 Å². The molecule has 0 radical (unpaired) electrons. The number of benzene rings is 1. The fraction of sp³-hybridized carbons (Fsp3) is 0.312. The van der Waals surface area contributed by atoms with Crippen LogP contribution < -0.4 is 5.32 Å². The summed E-state index contributed by atoms with van der Waals surface area (Å²) in [4.78, 5) is 16.8. The maximum atomic E-state index is 12.4. The number of para-hydroxylation sites is 1. The lowest BCUT2D eigenvalue weighted by Crippen LogP contribution is -2.33. The van der Waals surface area contributed by atoms with Crippen molar-refractivity contribution >= 4 is 16.8 Å². The van der Waals surface area contributed by atoms with Gasteiger partial charge in [-0.25, -0.2) is 4.98 Å². The summed E-state index contributed by atoms with van der Waals surface area (Å²) in [5.74, 6) is 1.50. The van der Waals surface area contributed by atoms with Crippen molar-refractivity contribution in [3.05, 3.63) is 48.2 Å². The van der Waals surface area contributed by atoms with E-state index < -0.39 is 0 Å². The molecule has 0 saturated carbocycles. The van der Waals surface area contributed by atoms with Gasteiger partial charge in [-0.15, -0.1) is 0 Å². The highest BCUT2D eigenvalue weighted by Gasteiger charge is 2.20. The number of carbonyl (C=O) groups excluding carboxylic acids is 1. The van der Waals surface area contributed by atoms with Gasteiger partial charge in [0.15, 0.2) is 0 Å². The van der Waals surface area contributed by atoms with Gasteiger partial charge in [0.1, 0.15) is 5.82 Å². The number of aromatic nitrogens is 4. The average molecular weight is 295 g/mol. The van der Waals surface area contributed by atoms with Crippen molar-refractivity contribution in [3.63, 3.8) is 0 Å². The van der Waals surface area contributed by atoms with Gasteiger partial charge in [-0.3, -0.25) is 9.89 Å². The lowest BCUT2D eigenvalue weighted by Gasteiger charge is -2.23. The highest BCUT2D eigenvalue weighted by atomic mass is 16.1. The molecule has 1 aromatic carbocycles. The molecule has 2 aromatic heterocycles. The summed E-state index contributed by atoms with van der Waals surface area (Å²) < 4.78 is 2.18. The zero-order chi connectivity index (χ0) is 14.9. The first-order chi connectivity index (χ1) is 10.8. The van der Waals surface area contributed by atoms with Crippen LogP contribution in [0, 0.1) is 5.92 Å². The maximum absolute atomic E-state index is 12.4. The van der Waals surface area contributed by atoms with Gasteiger partial charge in [0, 0.05) is 37.3 Å². The standard InChI is InChI=1S/C16H17N5O/c22-16(13-3-1-2-12-10-19-20-15(12)13)18-9-11-4-6-21-7-5-17-14(21)8-11/h1-3,5,7,10-11H,4,6,8-9H2,(H,18,22)(H,19,20)/t11-/m1/s1. The highest BCUT2D eigenvalue weighted by Crippen LogP contribution is 2.19. The van der Waals surface area contributed by atoms with E-state index in [9.17, 15) is 4.79 Å². The van der Waals surface area contributed by atoms with Gasteiger partial charge in [0.05, 0.1) is 17.3 Å². The van der Waals surface area contributed by atoms with Crippen LogP contribution in [0.2, 0.25) is 0 Å². The molecule has 2 N–H and O–H groups in total. The van der Waals surface area contributed by atoms with E-state index in [1.807, 2.05) is 30.6 Å². The molecular weight excluding hydrogens is 278 g/mol. The Labute approximate surface area is 127 Å². The number of aromatic amines is 1. The van der Waals surface area contributed by atoms with Crippen molar-refractivity contribution in [1.29, 1.82) is 0 Å².